The highest BCUT2D eigenvalue weighted by Crippen LogP contribution is 2.52. The van der Waals surface area contributed by atoms with Gasteiger partial charge < -0.3 is 20.8 Å². The van der Waals surface area contributed by atoms with Crippen molar-refractivity contribution < 1.29 is 19.8 Å². The first-order valence-electron chi connectivity index (χ1n) is 10.9. The Hall–Kier alpha value is -1.09. The molecule has 2 saturated heterocycles. The van der Waals surface area contributed by atoms with Crippen LogP contribution in [0.3, 0.4) is 0 Å². The summed E-state index contributed by atoms with van der Waals surface area (Å²) in [6, 6.07) is 0.401. The van der Waals surface area contributed by atoms with Gasteiger partial charge in [-0.1, -0.05) is 6.92 Å². The summed E-state index contributed by atoms with van der Waals surface area (Å²) in [6.07, 6.45) is 5.12. The van der Waals surface area contributed by atoms with Gasteiger partial charge >= 0.3 is 5.97 Å². The third-order valence-electron chi connectivity index (χ3n) is 7.45. The number of likely N-dealkylation sites (tertiary alicyclic amines) is 1. The number of nitrogens with zero attached hydrogens (tertiary/aromatic N) is 2. The largest absolute Gasteiger partial charge is 0.477 e. The van der Waals surface area contributed by atoms with E-state index >= 15 is 0 Å². The molecule has 0 bridgehead atoms. The number of thioether (sulfide) groups is 1. The number of rotatable bonds is 6. The molecule has 1 aliphatic carbocycles. The SMILES string of the molecule is C[C@@H](O)[C@H]1C(=O)N2C(C(=O)O)=C(S[C@@H]3CCN(C4CCC(CN)CC4)C3)[C@H](C)[C@H]12. The Morgan fingerprint density at radius 2 is 1.97 bits per heavy atom. The average Bonchev–Trinajstić information content (AvgIpc) is 3.24. The quantitative estimate of drug-likeness (QED) is 0.555. The Kier molecular flexibility index (Phi) is 5.99. The van der Waals surface area contributed by atoms with Gasteiger partial charge in [-0.3, -0.25) is 9.69 Å². The highest BCUT2D eigenvalue weighted by molar-refractivity contribution is 8.03. The summed E-state index contributed by atoms with van der Waals surface area (Å²) in [4.78, 5) is 29.3. The minimum Gasteiger partial charge on any atom is -0.477 e. The predicted octanol–water partition coefficient (Wildman–Crippen LogP) is 1.47. The monoisotopic (exact) mass is 423 g/mol. The molecule has 0 aromatic rings. The molecule has 1 amide bonds. The van der Waals surface area contributed by atoms with Crippen molar-refractivity contribution in [3.8, 4) is 0 Å². The number of nitrogens with two attached hydrogens (primary N) is 1. The summed E-state index contributed by atoms with van der Waals surface area (Å²) in [5, 5.41) is 20.1. The second kappa shape index (κ2) is 8.21. The number of β-lactam (4-membered cyclic amide) rings is 1. The van der Waals surface area contributed by atoms with Crippen LogP contribution in [0.2, 0.25) is 0 Å². The van der Waals surface area contributed by atoms with E-state index in [0.29, 0.717) is 17.2 Å². The van der Waals surface area contributed by atoms with E-state index in [9.17, 15) is 19.8 Å². The van der Waals surface area contributed by atoms with Crippen molar-refractivity contribution in [3.63, 3.8) is 0 Å². The topological polar surface area (TPSA) is 107 Å². The first kappa shape index (κ1) is 21.2. The zero-order valence-corrected chi connectivity index (χ0v) is 18.1. The van der Waals surface area contributed by atoms with E-state index in [1.165, 1.54) is 30.6 Å². The van der Waals surface area contributed by atoms with E-state index in [2.05, 4.69) is 4.90 Å². The smallest absolute Gasteiger partial charge is 0.353 e. The van der Waals surface area contributed by atoms with Gasteiger partial charge in [-0.05, 0) is 58.0 Å². The Bertz CT molecular complexity index is 704. The summed E-state index contributed by atoms with van der Waals surface area (Å²) in [5.41, 5.74) is 5.97. The second-order valence-corrected chi connectivity index (χ2v) is 10.5. The van der Waals surface area contributed by atoms with Crippen LogP contribution in [-0.2, 0) is 9.59 Å². The van der Waals surface area contributed by atoms with Crippen LogP contribution in [0.5, 0.6) is 0 Å². The van der Waals surface area contributed by atoms with Crippen LogP contribution in [-0.4, -0.2) is 75.0 Å². The lowest BCUT2D eigenvalue weighted by molar-refractivity contribution is -0.163. The number of amides is 1. The number of carboxylic acid groups (broad SMARTS) is 1. The molecule has 4 N–H and O–H groups in total. The fourth-order valence-electron chi connectivity index (χ4n) is 5.79. The van der Waals surface area contributed by atoms with E-state index in [1.807, 2.05) is 6.92 Å². The molecule has 3 aliphatic heterocycles. The predicted molar refractivity (Wildman–Crippen MR) is 112 cm³/mol. The second-order valence-electron chi connectivity index (χ2n) is 9.21. The summed E-state index contributed by atoms with van der Waals surface area (Å²) in [5.74, 6) is -1.15. The molecule has 8 heteroatoms. The van der Waals surface area contributed by atoms with Crippen LogP contribution >= 0.6 is 11.8 Å². The minimum atomic E-state index is -1.03. The highest BCUT2D eigenvalue weighted by Gasteiger charge is 2.60. The normalized spacial score (nSPS) is 38.9. The van der Waals surface area contributed by atoms with Gasteiger partial charge in [0.2, 0.25) is 5.91 Å². The molecule has 29 heavy (non-hydrogen) atoms. The van der Waals surface area contributed by atoms with Crippen LogP contribution in [0.1, 0.15) is 46.0 Å². The lowest BCUT2D eigenvalue weighted by Crippen LogP contribution is -2.63. The lowest BCUT2D eigenvalue weighted by Gasteiger charge is -2.46. The van der Waals surface area contributed by atoms with Crippen molar-refractivity contribution in [2.75, 3.05) is 19.6 Å². The number of hydrogen-bond donors (Lipinski definition) is 3. The molecule has 162 valence electrons. The van der Waals surface area contributed by atoms with Gasteiger partial charge in [-0.15, -0.1) is 11.8 Å². The Labute approximate surface area is 176 Å². The third kappa shape index (κ3) is 3.62. The molecule has 3 fully saturated rings. The fourth-order valence-corrected chi connectivity index (χ4v) is 7.29. The third-order valence-corrected chi connectivity index (χ3v) is 8.98. The van der Waals surface area contributed by atoms with Gasteiger partial charge in [0, 0.05) is 28.7 Å². The van der Waals surface area contributed by atoms with Gasteiger partial charge in [-0.2, -0.15) is 0 Å². The summed E-state index contributed by atoms with van der Waals surface area (Å²) in [7, 11) is 0. The van der Waals surface area contributed by atoms with Gasteiger partial charge in [0.25, 0.3) is 0 Å². The molecule has 7 nitrogen and oxygen atoms in total. The zero-order chi connectivity index (χ0) is 20.9. The number of aliphatic hydroxyl groups is 1. The first-order valence-corrected chi connectivity index (χ1v) is 11.8. The number of aliphatic hydroxyl groups excluding tert-OH is 1. The Morgan fingerprint density at radius 3 is 2.55 bits per heavy atom. The van der Waals surface area contributed by atoms with Crippen LogP contribution in [0, 0.1) is 17.8 Å². The average molecular weight is 424 g/mol. The van der Waals surface area contributed by atoms with E-state index in [0.717, 1.165) is 31.0 Å². The minimum absolute atomic E-state index is 0.0440. The van der Waals surface area contributed by atoms with Crippen molar-refractivity contribution >= 4 is 23.6 Å². The molecular formula is C21H33N3O4S. The number of hydrogen-bond acceptors (Lipinski definition) is 6. The Morgan fingerprint density at radius 1 is 1.28 bits per heavy atom. The summed E-state index contributed by atoms with van der Waals surface area (Å²) < 4.78 is 0. The number of carbonyl (C=O) groups is 2. The van der Waals surface area contributed by atoms with E-state index in [-0.39, 0.29) is 23.6 Å². The molecule has 0 aromatic heterocycles. The Balaban J connectivity index is 1.43. The molecule has 3 heterocycles. The van der Waals surface area contributed by atoms with Gasteiger partial charge in [-0.25, -0.2) is 4.79 Å². The van der Waals surface area contributed by atoms with E-state index < -0.39 is 18.0 Å². The van der Waals surface area contributed by atoms with Crippen molar-refractivity contribution in [1.29, 1.82) is 0 Å². The molecule has 0 aromatic carbocycles. The summed E-state index contributed by atoms with van der Waals surface area (Å²) in [6.45, 7) is 6.44. The fraction of sp³-hybridized carbons (Fsp3) is 0.810. The molecule has 4 aliphatic rings. The lowest BCUT2D eigenvalue weighted by atomic mass is 9.79. The van der Waals surface area contributed by atoms with Crippen molar-refractivity contribution in [2.45, 2.75) is 69.4 Å². The molecule has 4 rings (SSSR count). The molecular weight excluding hydrogens is 390 g/mol. The van der Waals surface area contributed by atoms with Crippen LogP contribution < -0.4 is 5.73 Å². The molecule has 0 unspecified atom stereocenters. The summed E-state index contributed by atoms with van der Waals surface area (Å²) >= 11 is 1.66. The van der Waals surface area contributed by atoms with Gasteiger partial charge in [0.1, 0.15) is 5.70 Å². The maximum absolute atomic E-state index is 12.5. The molecule has 0 spiro atoms. The van der Waals surface area contributed by atoms with Crippen LogP contribution in [0.4, 0.5) is 0 Å². The standard InChI is InChI=1S/C21H33N3O4S/c1-11-17-16(12(2)25)20(26)24(17)18(21(27)28)19(11)29-15-7-8-23(10-15)14-5-3-13(9-22)4-6-14/h11-17,25H,3-10,22H2,1-2H3,(H,27,28)/t11-,12-,13?,14?,15-,16-,17-/m1/s1. The first-order chi connectivity index (χ1) is 13.8. The number of carboxylic acids is 1. The van der Waals surface area contributed by atoms with Crippen molar-refractivity contribution in [2.24, 2.45) is 23.5 Å². The van der Waals surface area contributed by atoms with Gasteiger partial charge in [0.05, 0.1) is 18.1 Å². The number of aliphatic carboxylic acids is 1. The zero-order valence-electron chi connectivity index (χ0n) is 17.3. The van der Waals surface area contributed by atoms with Crippen molar-refractivity contribution in [3.05, 3.63) is 10.6 Å². The number of fused-ring (bicyclic) bond motifs is 1. The van der Waals surface area contributed by atoms with Gasteiger partial charge in [0.15, 0.2) is 0 Å². The molecule has 0 radical (unpaired) electrons. The maximum atomic E-state index is 12.5. The molecule has 5 atom stereocenters. The number of carbonyl (C=O) groups excluding carboxylic acids is 1. The van der Waals surface area contributed by atoms with E-state index in [1.54, 1.807) is 18.7 Å². The van der Waals surface area contributed by atoms with Crippen LogP contribution in [0.25, 0.3) is 0 Å². The van der Waals surface area contributed by atoms with Crippen molar-refractivity contribution in [1.82, 2.24) is 9.80 Å². The van der Waals surface area contributed by atoms with Crippen LogP contribution in [0.15, 0.2) is 10.6 Å². The maximum Gasteiger partial charge on any atom is 0.353 e. The van der Waals surface area contributed by atoms with E-state index in [4.69, 9.17) is 5.73 Å². The highest BCUT2D eigenvalue weighted by atomic mass is 32.2. The molecule has 1 saturated carbocycles.